The van der Waals surface area contributed by atoms with Crippen LogP contribution in [0.5, 0.6) is 0 Å². The van der Waals surface area contributed by atoms with Crippen LogP contribution in [-0.4, -0.2) is 11.1 Å². The molecule has 0 heterocycles. The number of carboxylic acid groups (broad SMARTS) is 1. The Morgan fingerprint density at radius 2 is 1.83 bits per heavy atom. The number of hydrogen-bond acceptors (Lipinski definition) is 1. The second-order valence-corrected chi connectivity index (χ2v) is 7.03. The zero-order valence-corrected chi connectivity index (χ0v) is 18.6. The molecule has 0 aromatic rings. The largest absolute Gasteiger partial charge is 0.478 e. The maximum atomic E-state index is 10.6. The summed E-state index contributed by atoms with van der Waals surface area (Å²) in [6.45, 7) is 12.9. The molecule has 1 aliphatic rings. The standard InChI is InChI=1S/C21H29O2.Y/c1-15(8-7-9-16(2)14-20(22)23)10-11-19-18(4)17(3)12-13-21(19,5)6;/h7-11,14H,12-13H2,1-6H3,(H,22,23);/q-1;/b9-7+,11-10+,15-8+,16-14+;. The van der Waals surface area contributed by atoms with E-state index in [-0.39, 0.29) is 38.1 Å². The molecule has 0 saturated heterocycles. The second kappa shape index (κ2) is 10.2. The van der Waals surface area contributed by atoms with E-state index in [4.69, 9.17) is 5.11 Å². The first kappa shape index (κ1) is 23.1. The van der Waals surface area contributed by atoms with Gasteiger partial charge >= 0.3 is 5.97 Å². The van der Waals surface area contributed by atoms with E-state index in [1.165, 1.54) is 36.0 Å². The Bertz CT molecular complexity index is 601. The molecule has 129 valence electrons. The van der Waals surface area contributed by atoms with Crippen molar-refractivity contribution >= 4 is 5.97 Å². The Morgan fingerprint density at radius 3 is 2.42 bits per heavy atom. The molecule has 0 aromatic carbocycles. The van der Waals surface area contributed by atoms with Crippen molar-refractivity contribution in [2.24, 2.45) is 5.41 Å². The van der Waals surface area contributed by atoms with Crippen LogP contribution in [0.3, 0.4) is 0 Å². The van der Waals surface area contributed by atoms with Gasteiger partial charge in [0.25, 0.3) is 0 Å². The normalized spacial score (nSPS) is 19.2. The molecule has 0 aromatic heterocycles. The SMILES string of the molecule is CC1=C(/C=C/C(C)=C/C=C/C(C)=C/C(=O)O)C(C)(C)CC[C-]1C.[Y]. The molecule has 0 atom stereocenters. The molecule has 0 aliphatic heterocycles. The Morgan fingerprint density at radius 1 is 1.21 bits per heavy atom. The van der Waals surface area contributed by atoms with Crippen LogP contribution < -0.4 is 0 Å². The molecule has 0 amide bonds. The molecule has 0 bridgehead atoms. The minimum atomic E-state index is -0.915. The van der Waals surface area contributed by atoms with Crippen molar-refractivity contribution in [1.82, 2.24) is 0 Å². The molecule has 0 fully saturated rings. The fourth-order valence-corrected chi connectivity index (χ4v) is 2.78. The number of rotatable bonds is 5. The zero-order valence-electron chi connectivity index (χ0n) is 15.8. The monoisotopic (exact) mass is 402 g/mol. The van der Waals surface area contributed by atoms with E-state index in [0.29, 0.717) is 0 Å². The van der Waals surface area contributed by atoms with E-state index >= 15 is 0 Å². The third kappa shape index (κ3) is 7.36. The summed E-state index contributed by atoms with van der Waals surface area (Å²) in [4.78, 5) is 10.6. The van der Waals surface area contributed by atoms with Gasteiger partial charge in [-0.3, -0.25) is 0 Å². The minimum absolute atomic E-state index is 0. The first-order valence-corrected chi connectivity index (χ1v) is 8.12. The predicted molar refractivity (Wildman–Crippen MR) is 98.1 cm³/mol. The van der Waals surface area contributed by atoms with Gasteiger partial charge in [0, 0.05) is 38.8 Å². The Hall–Kier alpha value is -0.856. The van der Waals surface area contributed by atoms with E-state index in [9.17, 15) is 4.79 Å². The topological polar surface area (TPSA) is 37.3 Å². The van der Waals surface area contributed by atoms with E-state index in [1.54, 1.807) is 13.0 Å². The van der Waals surface area contributed by atoms with E-state index in [1.807, 2.05) is 12.2 Å². The predicted octanol–water partition coefficient (Wildman–Crippen LogP) is 5.80. The van der Waals surface area contributed by atoms with Gasteiger partial charge in [0.15, 0.2) is 0 Å². The summed E-state index contributed by atoms with van der Waals surface area (Å²) < 4.78 is 0. The van der Waals surface area contributed by atoms with Crippen molar-refractivity contribution in [3.63, 3.8) is 0 Å². The van der Waals surface area contributed by atoms with Crippen molar-refractivity contribution in [3.8, 4) is 0 Å². The van der Waals surface area contributed by atoms with Gasteiger partial charge in [-0.25, -0.2) is 16.3 Å². The van der Waals surface area contributed by atoms with Crippen LogP contribution in [-0.2, 0) is 37.5 Å². The molecule has 1 radical (unpaired) electrons. The average Bonchev–Trinajstić information content (AvgIpc) is 2.42. The fourth-order valence-electron chi connectivity index (χ4n) is 2.78. The molecule has 1 aliphatic carbocycles. The van der Waals surface area contributed by atoms with Crippen LogP contribution in [0.1, 0.15) is 54.4 Å². The molecule has 1 N–H and O–H groups in total. The van der Waals surface area contributed by atoms with Gasteiger partial charge in [0.2, 0.25) is 0 Å². The maximum Gasteiger partial charge on any atom is 0.328 e. The number of hydrogen-bond donors (Lipinski definition) is 1. The van der Waals surface area contributed by atoms with Crippen LogP contribution in [0.2, 0.25) is 0 Å². The first-order valence-electron chi connectivity index (χ1n) is 8.12. The molecule has 1 rings (SSSR count). The second-order valence-electron chi connectivity index (χ2n) is 7.03. The van der Waals surface area contributed by atoms with Crippen LogP contribution in [0, 0.1) is 11.3 Å². The molecule has 0 spiro atoms. The summed E-state index contributed by atoms with van der Waals surface area (Å²) in [7, 11) is 0. The molecular formula is C21H29O2Y-. The summed E-state index contributed by atoms with van der Waals surface area (Å²) in [6, 6.07) is 0. The summed E-state index contributed by atoms with van der Waals surface area (Å²) in [5.74, 6) is 0.571. The van der Waals surface area contributed by atoms with Gasteiger partial charge in [-0.05, 0) is 19.4 Å². The number of aliphatic carboxylic acids is 1. The fraction of sp³-hybridized carbons (Fsp3) is 0.429. The minimum Gasteiger partial charge on any atom is -0.478 e. The quantitative estimate of drug-likeness (QED) is 0.358. The van der Waals surface area contributed by atoms with Gasteiger partial charge in [-0.15, -0.1) is 13.0 Å². The van der Waals surface area contributed by atoms with Gasteiger partial charge in [-0.1, -0.05) is 68.9 Å². The van der Waals surface area contributed by atoms with E-state index in [2.05, 4.69) is 46.8 Å². The Balaban J connectivity index is 0.00000529. The Kier molecular flexibility index (Phi) is 9.84. The smallest absolute Gasteiger partial charge is 0.328 e. The maximum absolute atomic E-state index is 10.6. The van der Waals surface area contributed by atoms with Gasteiger partial charge < -0.3 is 5.11 Å². The third-order valence-electron chi connectivity index (χ3n) is 4.48. The molecule has 0 saturated carbocycles. The zero-order chi connectivity index (χ0) is 17.6. The van der Waals surface area contributed by atoms with Gasteiger partial charge in [-0.2, -0.15) is 5.57 Å². The van der Waals surface area contributed by atoms with Crippen molar-refractivity contribution in [3.05, 3.63) is 64.7 Å². The molecular weight excluding hydrogens is 373 g/mol. The summed E-state index contributed by atoms with van der Waals surface area (Å²) >= 11 is 0. The first-order chi connectivity index (χ1) is 10.6. The molecule has 3 heteroatoms. The number of carboxylic acids is 1. The van der Waals surface area contributed by atoms with Crippen LogP contribution >= 0.6 is 0 Å². The summed E-state index contributed by atoms with van der Waals surface area (Å²) in [5.41, 5.74) is 4.92. The molecule has 0 unspecified atom stereocenters. The van der Waals surface area contributed by atoms with Crippen LogP contribution in [0.4, 0.5) is 0 Å². The van der Waals surface area contributed by atoms with Crippen molar-refractivity contribution in [1.29, 1.82) is 0 Å². The number of carbonyl (C=O) groups is 1. The van der Waals surface area contributed by atoms with Crippen molar-refractivity contribution in [2.75, 3.05) is 0 Å². The Labute approximate surface area is 172 Å². The van der Waals surface area contributed by atoms with E-state index in [0.717, 1.165) is 11.1 Å². The molecule has 2 nitrogen and oxygen atoms in total. The summed E-state index contributed by atoms with van der Waals surface area (Å²) in [5, 5.41) is 8.67. The van der Waals surface area contributed by atoms with Crippen molar-refractivity contribution in [2.45, 2.75) is 54.4 Å². The van der Waals surface area contributed by atoms with Gasteiger partial charge in [0.05, 0.1) is 0 Å². The summed E-state index contributed by atoms with van der Waals surface area (Å²) in [6.07, 6.45) is 13.6. The molecule has 24 heavy (non-hydrogen) atoms. The third-order valence-corrected chi connectivity index (χ3v) is 4.48. The average molecular weight is 402 g/mol. The number of allylic oxidation sites excluding steroid dienone is 9. The van der Waals surface area contributed by atoms with Crippen LogP contribution in [0.25, 0.3) is 0 Å². The van der Waals surface area contributed by atoms with Crippen LogP contribution in [0.15, 0.2) is 58.7 Å². The van der Waals surface area contributed by atoms with E-state index < -0.39 is 5.97 Å². The van der Waals surface area contributed by atoms with Crippen molar-refractivity contribution < 1.29 is 42.6 Å². The van der Waals surface area contributed by atoms with Gasteiger partial charge in [0.1, 0.15) is 0 Å².